The number of hydrogen-bond donors (Lipinski definition) is 1. The van der Waals surface area contributed by atoms with Crippen molar-refractivity contribution in [2.45, 2.75) is 25.8 Å². The molecule has 1 atom stereocenters. The summed E-state index contributed by atoms with van der Waals surface area (Å²) in [5, 5.41) is 3.43. The maximum atomic E-state index is 13.4. The summed E-state index contributed by atoms with van der Waals surface area (Å²) in [6.45, 7) is 3.02. The lowest BCUT2D eigenvalue weighted by Crippen LogP contribution is -2.23. The van der Waals surface area contributed by atoms with Gasteiger partial charge in [0.1, 0.15) is 11.6 Å². The second-order valence-electron chi connectivity index (χ2n) is 4.50. The molecule has 0 fully saturated rings. The highest BCUT2D eigenvalue weighted by molar-refractivity contribution is 9.10. The molecule has 0 aliphatic rings. The fourth-order valence-corrected chi connectivity index (χ4v) is 2.56. The Hall–Kier alpha value is -1.13. The largest absolute Gasteiger partial charge is 0.468 e. The molecule has 2 rings (SSSR count). The van der Waals surface area contributed by atoms with Gasteiger partial charge in [0, 0.05) is 4.47 Å². The lowest BCUT2D eigenvalue weighted by molar-refractivity contribution is 0.410. The van der Waals surface area contributed by atoms with Gasteiger partial charge in [0.15, 0.2) is 0 Å². The van der Waals surface area contributed by atoms with Gasteiger partial charge < -0.3 is 9.73 Å². The van der Waals surface area contributed by atoms with Crippen molar-refractivity contribution in [2.75, 3.05) is 6.54 Å². The van der Waals surface area contributed by atoms with E-state index in [1.54, 1.807) is 12.3 Å². The highest BCUT2D eigenvalue weighted by Gasteiger charge is 2.14. The molecule has 4 heteroatoms. The standard InChI is InChI=1S/C15H17BrFNO/c1-2-5-18-14(15-4-3-6-19-15)9-11-7-12(16)10-13(17)8-11/h3-4,6-8,10,14,18H,2,5,9H2,1H3. The molecule has 1 aromatic carbocycles. The first-order chi connectivity index (χ1) is 9.19. The van der Waals surface area contributed by atoms with Crippen LogP contribution in [-0.4, -0.2) is 6.54 Å². The van der Waals surface area contributed by atoms with Crippen LogP contribution in [0.2, 0.25) is 0 Å². The molecule has 0 saturated carbocycles. The first-order valence-electron chi connectivity index (χ1n) is 6.40. The van der Waals surface area contributed by atoms with E-state index in [0.29, 0.717) is 6.42 Å². The molecular formula is C15H17BrFNO. The van der Waals surface area contributed by atoms with E-state index in [4.69, 9.17) is 4.42 Å². The Balaban J connectivity index is 2.15. The van der Waals surface area contributed by atoms with Crippen LogP contribution in [0.1, 0.15) is 30.7 Å². The minimum absolute atomic E-state index is 0.0728. The minimum Gasteiger partial charge on any atom is -0.468 e. The normalized spacial score (nSPS) is 12.6. The van der Waals surface area contributed by atoms with E-state index >= 15 is 0 Å². The quantitative estimate of drug-likeness (QED) is 0.847. The Morgan fingerprint density at radius 1 is 1.37 bits per heavy atom. The number of hydrogen-bond acceptors (Lipinski definition) is 2. The van der Waals surface area contributed by atoms with E-state index in [9.17, 15) is 4.39 Å². The second kappa shape index (κ2) is 6.87. The molecule has 102 valence electrons. The first kappa shape index (κ1) is 14.3. The SMILES string of the molecule is CCCNC(Cc1cc(F)cc(Br)c1)c1ccco1. The molecule has 0 aliphatic carbocycles. The van der Waals surface area contributed by atoms with Crippen LogP contribution in [0.5, 0.6) is 0 Å². The Bertz CT molecular complexity index is 493. The number of benzene rings is 1. The monoisotopic (exact) mass is 325 g/mol. The summed E-state index contributed by atoms with van der Waals surface area (Å²) in [6, 6.07) is 8.86. The van der Waals surface area contributed by atoms with Crippen LogP contribution in [0.25, 0.3) is 0 Å². The van der Waals surface area contributed by atoms with E-state index in [-0.39, 0.29) is 11.9 Å². The zero-order chi connectivity index (χ0) is 13.7. The van der Waals surface area contributed by atoms with Gasteiger partial charge in [-0.15, -0.1) is 0 Å². The van der Waals surface area contributed by atoms with Crippen LogP contribution < -0.4 is 5.32 Å². The first-order valence-corrected chi connectivity index (χ1v) is 7.20. The topological polar surface area (TPSA) is 25.2 Å². The molecule has 1 aromatic heterocycles. The van der Waals surface area contributed by atoms with Gasteiger partial charge in [0.2, 0.25) is 0 Å². The summed E-state index contributed by atoms with van der Waals surface area (Å²) in [5.74, 6) is 0.659. The fraction of sp³-hybridized carbons (Fsp3) is 0.333. The van der Waals surface area contributed by atoms with Crippen LogP contribution in [0.15, 0.2) is 45.5 Å². The molecule has 0 amide bonds. The summed E-state index contributed by atoms with van der Waals surface area (Å²) < 4.78 is 19.6. The third-order valence-electron chi connectivity index (χ3n) is 2.89. The molecule has 0 saturated heterocycles. The maximum Gasteiger partial charge on any atom is 0.124 e. The Morgan fingerprint density at radius 3 is 2.84 bits per heavy atom. The molecule has 1 heterocycles. The van der Waals surface area contributed by atoms with Crippen molar-refractivity contribution in [2.24, 2.45) is 0 Å². The molecule has 1 unspecified atom stereocenters. The van der Waals surface area contributed by atoms with Gasteiger partial charge in [-0.25, -0.2) is 4.39 Å². The van der Waals surface area contributed by atoms with E-state index in [2.05, 4.69) is 28.2 Å². The van der Waals surface area contributed by atoms with Crippen molar-refractivity contribution < 1.29 is 8.81 Å². The van der Waals surface area contributed by atoms with Gasteiger partial charge in [0.05, 0.1) is 12.3 Å². The van der Waals surface area contributed by atoms with Crippen molar-refractivity contribution in [1.82, 2.24) is 5.32 Å². The molecule has 0 bridgehead atoms. The smallest absolute Gasteiger partial charge is 0.124 e. The predicted molar refractivity (Wildman–Crippen MR) is 77.5 cm³/mol. The summed E-state index contributed by atoms with van der Waals surface area (Å²) in [4.78, 5) is 0. The molecule has 0 aliphatic heterocycles. The van der Waals surface area contributed by atoms with Crippen molar-refractivity contribution in [3.05, 3.63) is 58.2 Å². The van der Waals surface area contributed by atoms with Crippen molar-refractivity contribution >= 4 is 15.9 Å². The Morgan fingerprint density at radius 2 is 2.21 bits per heavy atom. The summed E-state index contributed by atoms with van der Waals surface area (Å²) >= 11 is 3.32. The van der Waals surface area contributed by atoms with Crippen LogP contribution >= 0.6 is 15.9 Å². The second-order valence-corrected chi connectivity index (χ2v) is 5.42. The van der Waals surface area contributed by atoms with Crippen molar-refractivity contribution in [3.63, 3.8) is 0 Å². The lowest BCUT2D eigenvalue weighted by atomic mass is 10.0. The van der Waals surface area contributed by atoms with Crippen LogP contribution in [0, 0.1) is 5.82 Å². The van der Waals surface area contributed by atoms with Gasteiger partial charge >= 0.3 is 0 Å². The molecule has 0 radical (unpaired) electrons. The van der Waals surface area contributed by atoms with Gasteiger partial charge in [-0.3, -0.25) is 0 Å². The maximum absolute atomic E-state index is 13.4. The van der Waals surface area contributed by atoms with Crippen LogP contribution in [0.3, 0.4) is 0 Å². The zero-order valence-electron chi connectivity index (χ0n) is 10.8. The van der Waals surface area contributed by atoms with Gasteiger partial charge in [-0.1, -0.05) is 22.9 Å². The van der Waals surface area contributed by atoms with Gasteiger partial charge in [-0.05, 0) is 55.3 Å². The average Bonchev–Trinajstić information content (AvgIpc) is 2.87. The third-order valence-corrected chi connectivity index (χ3v) is 3.35. The number of furan rings is 1. The fourth-order valence-electron chi connectivity index (χ4n) is 2.05. The summed E-state index contributed by atoms with van der Waals surface area (Å²) in [5.41, 5.74) is 0.942. The Kier molecular flexibility index (Phi) is 5.16. The van der Waals surface area contributed by atoms with E-state index in [1.165, 1.54) is 6.07 Å². The van der Waals surface area contributed by atoms with Crippen molar-refractivity contribution in [3.8, 4) is 0 Å². The highest BCUT2D eigenvalue weighted by Crippen LogP contribution is 2.22. The molecular weight excluding hydrogens is 309 g/mol. The van der Waals surface area contributed by atoms with E-state index in [0.717, 1.165) is 28.8 Å². The number of halogens is 2. The summed E-state index contributed by atoms with van der Waals surface area (Å²) in [6.07, 6.45) is 3.41. The highest BCUT2D eigenvalue weighted by atomic mass is 79.9. The van der Waals surface area contributed by atoms with Crippen LogP contribution in [0.4, 0.5) is 4.39 Å². The average molecular weight is 326 g/mol. The van der Waals surface area contributed by atoms with Gasteiger partial charge in [-0.2, -0.15) is 0 Å². The Labute approximate surface area is 121 Å². The third kappa shape index (κ3) is 4.18. The molecule has 2 nitrogen and oxygen atoms in total. The molecule has 0 spiro atoms. The van der Waals surface area contributed by atoms with Gasteiger partial charge in [0.25, 0.3) is 0 Å². The summed E-state index contributed by atoms with van der Waals surface area (Å²) in [7, 11) is 0. The van der Waals surface area contributed by atoms with E-state index in [1.807, 2.05) is 18.2 Å². The van der Waals surface area contributed by atoms with Crippen molar-refractivity contribution in [1.29, 1.82) is 0 Å². The van der Waals surface area contributed by atoms with Crippen LogP contribution in [-0.2, 0) is 6.42 Å². The number of rotatable bonds is 6. The molecule has 2 aromatic rings. The molecule has 19 heavy (non-hydrogen) atoms. The minimum atomic E-state index is -0.224. The number of nitrogens with one attached hydrogen (secondary N) is 1. The molecule has 1 N–H and O–H groups in total. The van der Waals surface area contributed by atoms with E-state index < -0.39 is 0 Å². The lowest BCUT2D eigenvalue weighted by Gasteiger charge is -2.16. The zero-order valence-corrected chi connectivity index (χ0v) is 12.4. The predicted octanol–water partition coefficient (Wildman–Crippen LogP) is 4.46.